The van der Waals surface area contributed by atoms with Gasteiger partial charge in [0.1, 0.15) is 0 Å². The van der Waals surface area contributed by atoms with E-state index in [1.807, 2.05) is 0 Å². The summed E-state index contributed by atoms with van der Waals surface area (Å²) in [7, 11) is 4.23. The molecular formula is C14H20N2. The highest BCUT2D eigenvalue weighted by molar-refractivity contribution is 5.82. The first-order valence-corrected chi connectivity index (χ1v) is 5.85. The topological polar surface area (TPSA) is 8.17 Å². The zero-order valence-electron chi connectivity index (χ0n) is 10.6. The largest absolute Gasteiger partial charge is 0.344 e. The Bertz CT molecular complexity index is 495. The molecular weight excluding hydrogens is 196 g/mol. The van der Waals surface area contributed by atoms with Crippen LogP contribution in [0.2, 0.25) is 0 Å². The van der Waals surface area contributed by atoms with Crippen molar-refractivity contribution in [1.82, 2.24) is 9.47 Å². The molecule has 0 atom stereocenters. The van der Waals surface area contributed by atoms with Crippen LogP contribution in [0.4, 0.5) is 0 Å². The molecule has 0 aliphatic heterocycles. The van der Waals surface area contributed by atoms with E-state index in [0.29, 0.717) is 0 Å². The van der Waals surface area contributed by atoms with Crippen LogP contribution in [-0.4, -0.2) is 23.6 Å². The van der Waals surface area contributed by atoms with Gasteiger partial charge in [-0.05, 0) is 46.1 Å². The van der Waals surface area contributed by atoms with Crippen molar-refractivity contribution in [2.75, 3.05) is 14.1 Å². The number of aromatic nitrogens is 1. The first-order valence-electron chi connectivity index (χ1n) is 5.85. The molecule has 1 heterocycles. The minimum atomic E-state index is 1.00. The Morgan fingerprint density at radius 2 is 1.94 bits per heavy atom. The lowest BCUT2D eigenvalue weighted by Gasteiger charge is -2.12. The normalized spacial score (nSPS) is 11.6. The molecule has 0 spiro atoms. The minimum absolute atomic E-state index is 1.00. The molecule has 0 fully saturated rings. The zero-order chi connectivity index (χ0) is 11.7. The zero-order valence-corrected chi connectivity index (χ0v) is 10.6. The number of rotatable bonds is 3. The Hall–Kier alpha value is -1.28. The molecule has 0 N–H and O–H groups in total. The second-order valence-electron chi connectivity index (χ2n) is 4.68. The number of hydrogen-bond acceptors (Lipinski definition) is 1. The maximum Gasteiger partial charge on any atom is 0.0483 e. The molecule has 0 bridgehead atoms. The van der Waals surface area contributed by atoms with Gasteiger partial charge in [0.2, 0.25) is 0 Å². The van der Waals surface area contributed by atoms with E-state index in [0.717, 1.165) is 13.1 Å². The number of hydrogen-bond donors (Lipinski definition) is 0. The van der Waals surface area contributed by atoms with Crippen LogP contribution in [0.15, 0.2) is 24.3 Å². The Balaban J connectivity index is 2.56. The van der Waals surface area contributed by atoms with Crippen LogP contribution in [0.3, 0.4) is 0 Å². The first kappa shape index (κ1) is 11.2. The van der Waals surface area contributed by atoms with Gasteiger partial charge in [0.25, 0.3) is 0 Å². The summed E-state index contributed by atoms with van der Waals surface area (Å²) >= 11 is 0. The highest BCUT2D eigenvalue weighted by Gasteiger charge is 2.07. The molecule has 0 saturated heterocycles. The van der Waals surface area contributed by atoms with Gasteiger partial charge in [0.15, 0.2) is 0 Å². The fourth-order valence-corrected chi connectivity index (χ4v) is 2.28. The van der Waals surface area contributed by atoms with E-state index in [4.69, 9.17) is 0 Å². The lowest BCUT2D eigenvalue weighted by Crippen LogP contribution is -2.14. The summed E-state index contributed by atoms with van der Waals surface area (Å²) < 4.78 is 2.40. The monoisotopic (exact) mass is 216 g/mol. The van der Waals surface area contributed by atoms with E-state index in [1.165, 1.54) is 22.2 Å². The molecule has 1 aromatic carbocycles. The average molecular weight is 216 g/mol. The van der Waals surface area contributed by atoms with Crippen LogP contribution < -0.4 is 0 Å². The Morgan fingerprint density at radius 3 is 2.56 bits per heavy atom. The van der Waals surface area contributed by atoms with E-state index >= 15 is 0 Å². The van der Waals surface area contributed by atoms with E-state index in [-0.39, 0.29) is 0 Å². The quantitative estimate of drug-likeness (QED) is 0.765. The van der Waals surface area contributed by atoms with Gasteiger partial charge >= 0.3 is 0 Å². The van der Waals surface area contributed by atoms with Crippen molar-refractivity contribution >= 4 is 10.9 Å². The second kappa shape index (κ2) is 4.30. The van der Waals surface area contributed by atoms with Crippen molar-refractivity contribution in [3.05, 3.63) is 35.5 Å². The molecule has 2 heteroatoms. The second-order valence-corrected chi connectivity index (χ2v) is 4.68. The highest BCUT2D eigenvalue weighted by atomic mass is 15.1. The summed E-state index contributed by atoms with van der Waals surface area (Å²) in [5.41, 5.74) is 4.08. The summed E-state index contributed by atoms with van der Waals surface area (Å²) in [6.07, 6.45) is 0. The summed E-state index contributed by atoms with van der Waals surface area (Å²) in [4.78, 5) is 2.22. The smallest absolute Gasteiger partial charge is 0.0483 e. The predicted octanol–water partition coefficient (Wildman–Crippen LogP) is 3.03. The standard InChI is InChI=1S/C14H20N2/c1-5-16-13(10-15(3)4)9-12-8-11(2)6-7-14(12)16/h6-9H,5,10H2,1-4H3. The summed E-state index contributed by atoms with van der Waals surface area (Å²) in [5, 5.41) is 1.36. The van der Waals surface area contributed by atoms with Gasteiger partial charge < -0.3 is 9.47 Å². The molecule has 1 aromatic heterocycles. The first-order chi connectivity index (χ1) is 7.61. The van der Waals surface area contributed by atoms with Crippen LogP contribution in [0.1, 0.15) is 18.2 Å². The number of fused-ring (bicyclic) bond motifs is 1. The van der Waals surface area contributed by atoms with E-state index in [1.54, 1.807) is 0 Å². The summed E-state index contributed by atoms with van der Waals surface area (Å²) in [5.74, 6) is 0. The van der Waals surface area contributed by atoms with Crippen molar-refractivity contribution < 1.29 is 0 Å². The fourth-order valence-electron chi connectivity index (χ4n) is 2.28. The van der Waals surface area contributed by atoms with Crippen molar-refractivity contribution in [3.8, 4) is 0 Å². The Kier molecular flexibility index (Phi) is 3.01. The van der Waals surface area contributed by atoms with Crippen LogP contribution >= 0.6 is 0 Å². The summed E-state index contributed by atoms with van der Waals surface area (Å²) in [6, 6.07) is 8.99. The van der Waals surface area contributed by atoms with Crippen molar-refractivity contribution in [3.63, 3.8) is 0 Å². The van der Waals surface area contributed by atoms with Gasteiger partial charge in [-0.1, -0.05) is 11.6 Å². The van der Waals surface area contributed by atoms with Gasteiger partial charge in [-0.3, -0.25) is 0 Å². The molecule has 0 amide bonds. The van der Waals surface area contributed by atoms with E-state index < -0.39 is 0 Å². The van der Waals surface area contributed by atoms with Crippen LogP contribution in [0.25, 0.3) is 10.9 Å². The van der Waals surface area contributed by atoms with Gasteiger partial charge in [0, 0.05) is 29.7 Å². The van der Waals surface area contributed by atoms with E-state index in [9.17, 15) is 0 Å². The molecule has 0 radical (unpaired) electrons. The molecule has 0 saturated carbocycles. The molecule has 2 rings (SSSR count). The van der Waals surface area contributed by atoms with Crippen LogP contribution in [-0.2, 0) is 13.1 Å². The third-order valence-electron chi connectivity index (χ3n) is 2.94. The van der Waals surface area contributed by atoms with Gasteiger partial charge in [-0.2, -0.15) is 0 Å². The molecule has 16 heavy (non-hydrogen) atoms. The maximum absolute atomic E-state index is 2.40. The average Bonchev–Trinajstić information content (AvgIpc) is 2.52. The number of benzene rings is 1. The van der Waals surface area contributed by atoms with Crippen LogP contribution in [0, 0.1) is 6.92 Å². The van der Waals surface area contributed by atoms with Crippen molar-refractivity contribution in [2.45, 2.75) is 26.9 Å². The maximum atomic E-state index is 2.40. The minimum Gasteiger partial charge on any atom is -0.344 e. The SMILES string of the molecule is CCn1c(CN(C)C)cc2cc(C)ccc21. The molecule has 0 unspecified atom stereocenters. The molecule has 86 valence electrons. The highest BCUT2D eigenvalue weighted by Crippen LogP contribution is 2.21. The van der Waals surface area contributed by atoms with Gasteiger partial charge in [-0.15, -0.1) is 0 Å². The van der Waals surface area contributed by atoms with Gasteiger partial charge in [0.05, 0.1) is 0 Å². The number of aryl methyl sites for hydroxylation is 2. The Labute approximate surface area is 97.5 Å². The van der Waals surface area contributed by atoms with Crippen LogP contribution in [0.5, 0.6) is 0 Å². The molecule has 0 aliphatic carbocycles. The third-order valence-corrected chi connectivity index (χ3v) is 2.94. The molecule has 0 aliphatic rings. The molecule has 2 aromatic rings. The van der Waals surface area contributed by atoms with E-state index in [2.05, 4.69) is 61.7 Å². The van der Waals surface area contributed by atoms with Crippen molar-refractivity contribution in [1.29, 1.82) is 0 Å². The Morgan fingerprint density at radius 1 is 1.19 bits per heavy atom. The fraction of sp³-hybridized carbons (Fsp3) is 0.429. The summed E-state index contributed by atoms with van der Waals surface area (Å²) in [6.45, 7) is 6.39. The lowest BCUT2D eigenvalue weighted by atomic mass is 10.2. The molecule has 2 nitrogen and oxygen atoms in total. The van der Waals surface area contributed by atoms with Crippen molar-refractivity contribution in [2.24, 2.45) is 0 Å². The lowest BCUT2D eigenvalue weighted by molar-refractivity contribution is 0.389. The third kappa shape index (κ3) is 1.98. The van der Waals surface area contributed by atoms with Gasteiger partial charge in [-0.25, -0.2) is 0 Å². The predicted molar refractivity (Wildman–Crippen MR) is 69.7 cm³/mol. The number of nitrogens with zero attached hydrogens (tertiary/aromatic N) is 2.